The Morgan fingerprint density at radius 1 is 0.756 bits per heavy atom. The zero-order chi connectivity index (χ0) is 28.2. The van der Waals surface area contributed by atoms with Crippen molar-refractivity contribution in [1.29, 1.82) is 0 Å². The van der Waals surface area contributed by atoms with Crippen molar-refractivity contribution in [3.05, 3.63) is 111 Å². The number of hydrogen-bond acceptors (Lipinski definition) is 6. The van der Waals surface area contributed by atoms with Crippen LogP contribution < -0.4 is 0 Å². The first-order valence-electron chi connectivity index (χ1n) is 13.5. The number of hydrogen-bond donors (Lipinski definition) is 0. The van der Waals surface area contributed by atoms with Gasteiger partial charge in [-0.2, -0.15) is 0 Å². The summed E-state index contributed by atoms with van der Waals surface area (Å²) in [4.78, 5) is 22.0. The molecule has 7 rings (SSSR count). The topological polar surface area (TPSA) is 68.9 Å². The molecule has 5 aromatic carbocycles. The van der Waals surface area contributed by atoms with Crippen LogP contribution in [-0.2, 0) is 6.42 Å². The molecule has 0 bridgehead atoms. The van der Waals surface area contributed by atoms with E-state index in [0.29, 0.717) is 0 Å². The van der Waals surface area contributed by atoms with E-state index < -0.39 is 0 Å². The van der Waals surface area contributed by atoms with Crippen molar-refractivity contribution in [1.82, 2.24) is 9.97 Å². The molecule has 0 saturated heterocycles. The fourth-order valence-electron chi connectivity index (χ4n) is 5.78. The molecule has 0 spiro atoms. The molecule has 0 radical (unpaired) electrons. The van der Waals surface area contributed by atoms with E-state index >= 15 is 0 Å². The molecule has 41 heavy (non-hydrogen) atoms. The van der Waals surface area contributed by atoms with Crippen molar-refractivity contribution >= 4 is 60.1 Å². The zero-order valence-corrected chi connectivity index (χ0v) is 24.4. The first kappa shape index (κ1) is 25.5. The first-order valence-corrected chi connectivity index (χ1v) is 15.1. The Balaban J connectivity index is 1.47. The van der Waals surface area contributed by atoms with E-state index in [0.717, 1.165) is 54.8 Å². The lowest BCUT2D eigenvalue weighted by Crippen LogP contribution is -1.93. The van der Waals surface area contributed by atoms with Gasteiger partial charge in [-0.05, 0) is 65.4 Å². The van der Waals surface area contributed by atoms with Gasteiger partial charge in [0.15, 0.2) is 0 Å². The lowest BCUT2D eigenvalue weighted by atomic mass is 9.89. The summed E-state index contributed by atoms with van der Waals surface area (Å²) < 4.78 is 1.24. The summed E-state index contributed by atoms with van der Waals surface area (Å²) in [5.41, 5.74) is 7.46. The maximum Gasteiger partial charge on any atom is 0.269 e. The van der Waals surface area contributed by atoms with Gasteiger partial charge in [-0.1, -0.05) is 67.6 Å². The maximum absolute atomic E-state index is 11.2. The highest BCUT2D eigenvalue weighted by molar-refractivity contribution is 7.19. The predicted molar refractivity (Wildman–Crippen MR) is 172 cm³/mol. The van der Waals surface area contributed by atoms with Crippen LogP contribution in [0.4, 0.5) is 5.69 Å². The summed E-state index contributed by atoms with van der Waals surface area (Å²) in [7, 11) is 0. The zero-order valence-electron chi connectivity index (χ0n) is 22.8. The Morgan fingerprint density at radius 3 is 2.20 bits per heavy atom. The monoisotopic (exact) mass is 571 g/mol. The highest BCUT2D eigenvalue weighted by atomic mass is 32.1. The smallest absolute Gasteiger partial charge is 0.258 e. The molecule has 0 atom stereocenters. The Kier molecular flexibility index (Phi) is 6.14. The Labute approximate surface area is 244 Å². The van der Waals surface area contributed by atoms with Crippen LogP contribution in [0.15, 0.2) is 84.9 Å². The van der Waals surface area contributed by atoms with Crippen LogP contribution in [0, 0.1) is 24.0 Å². The van der Waals surface area contributed by atoms with Crippen LogP contribution in [0.25, 0.3) is 64.6 Å². The van der Waals surface area contributed by atoms with Gasteiger partial charge in [-0.3, -0.25) is 10.1 Å². The summed E-state index contributed by atoms with van der Waals surface area (Å²) >= 11 is 3.40. The molecule has 2 heterocycles. The molecule has 7 heteroatoms. The van der Waals surface area contributed by atoms with Gasteiger partial charge in [0.25, 0.3) is 5.69 Å². The molecule has 0 fully saturated rings. The van der Waals surface area contributed by atoms with E-state index in [2.05, 4.69) is 68.4 Å². The van der Waals surface area contributed by atoms with Gasteiger partial charge in [0, 0.05) is 28.5 Å². The molecule has 2 aromatic heterocycles. The number of thiazole rings is 2. The highest BCUT2D eigenvalue weighted by Crippen LogP contribution is 2.45. The summed E-state index contributed by atoms with van der Waals surface area (Å²) in [6.45, 7) is 6.37. The maximum atomic E-state index is 11.2. The molecule has 0 amide bonds. The highest BCUT2D eigenvalue weighted by Gasteiger charge is 2.21. The van der Waals surface area contributed by atoms with Crippen LogP contribution >= 0.6 is 22.7 Å². The molecular weight excluding hydrogens is 547 g/mol. The number of aryl methyl sites for hydroxylation is 3. The molecule has 7 aromatic rings. The summed E-state index contributed by atoms with van der Waals surface area (Å²) in [6, 6.07) is 28.2. The van der Waals surface area contributed by atoms with Gasteiger partial charge in [-0.25, -0.2) is 9.97 Å². The second-order valence-electron chi connectivity index (χ2n) is 10.1. The van der Waals surface area contributed by atoms with Crippen molar-refractivity contribution in [2.75, 3.05) is 0 Å². The quantitative estimate of drug-likeness (QED) is 0.117. The third kappa shape index (κ3) is 4.12. The number of non-ortho nitro benzene ring substituents is 1. The SMILES string of the molecule is CCc1nc2c(s1)c1ccccc1c1ccc(-c3ccccc3-c3nc(C)sc3-c3ccc([N+](=O)[O-])cc3)c(C)c12. The minimum atomic E-state index is -0.369. The fraction of sp³-hybridized carbons (Fsp3) is 0.118. The minimum Gasteiger partial charge on any atom is -0.258 e. The lowest BCUT2D eigenvalue weighted by molar-refractivity contribution is -0.384. The van der Waals surface area contributed by atoms with E-state index in [9.17, 15) is 10.1 Å². The minimum absolute atomic E-state index is 0.0795. The molecular formula is C34H25N3O2S2. The number of nitro benzene ring substituents is 1. The van der Waals surface area contributed by atoms with Gasteiger partial charge in [0.2, 0.25) is 0 Å². The number of nitro groups is 1. The third-order valence-electron chi connectivity index (χ3n) is 7.68. The van der Waals surface area contributed by atoms with Crippen LogP contribution in [0.3, 0.4) is 0 Å². The van der Waals surface area contributed by atoms with Crippen molar-refractivity contribution in [3.8, 4) is 32.8 Å². The van der Waals surface area contributed by atoms with E-state index in [1.807, 2.05) is 25.1 Å². The van der Waals surface area contributed by atoms with Gasteiger partial charge >= 0.3 is 0 Å². The number of fused-ring (bicyclic) bond motifs is 6. The summed E-state index contributed by atoms with van der Waals surface area (Å²) in [5, 5.41) is 18.2. The average Bonchev–Trinajstić information content (AvgIpc) is 3.61. The second-order valence-corrected chi connectivity index (χ2v) is 12.4. The van der Waals surface area contributed by atoms with Gasteiger partial charge in [0.05, 0.1) is 35.7 Å². The Bertz CT molecular complexity index is 2140. The summed E-state index contributed by atoms with van der Waals surface area (Å²) in [6.07, 6.45) is 0.908. The van der Waals surface area contributed by atoms with E-state index in [1.165, 1.54) is 31.8 Å². The number of rotatable bonds is 5. The van der Waals surface area contributed by atoms with E-state index in [4.69, 9.17) is 9.97 Å². The van der Waals surface area contributed by atoms with Crippen molar-refractivity contribution in [2.24, 2.45) is 0 Å². The van der Waals surface area contributed by atoms with Gasteiger partial charge in [-0.15, -0.1) is 22.7 Å². The summed E-state index contributed by atoms with van der Waals surface area (Å²) in [5.74, 6) is 0. The number of benzene rings is 5. The Hall–Kier alpha value is -4.46. The van der Waals surface area contributed by atoms with E-state index in [1.54, 1.807) is 34.8 Å². The third-order valence-corrected chi connectivity index (χ3v) is 9.94. The predicted octanol–water partition coefficient (Wildman–Crippen LogP) is 10.1. The van der Waals surface area contributed by atoms with Gasteiger partial charge in [0.1, 0.15) is 0 Å². The van der Waals surface area contributed by atoms with Crippen molar-refractivity contribution in [2.45, 2.75) is 27.2 Å². The second kappa shape index (κ2) is 9.87. The van der Waals surface area contributed by atoms with Crippen LogP contribution in [0.2, 0.25) is 0 Å². The molecule has 0 aliphatic rings. The molecule has 0 unspecified atom stereocenters. The molecule has 0 aliphatic carbocycles. The van der Waals surface area contributed by atoms with Crippen LogP contribution in [-0.4, -0.2) is 14.9 Å². The normalized spacial score (nSPS) is 11.6. The van der Waals surface area contributed by atoms with Crippen molar-refractivity contribution < 1.29 is 4.92 Å². The standard InChI is InChI=1S/C34H25N3O2S2/c1-4-29-36-32-30-19(2)23(17-18-26(30)25-10-6-8-12-28(25)34(32)41-29)24-9-5-7-11-27(24)31-33(40-20(3)35-31)21-13-15-22(16-14-21)37(38)39/h5-18H,4H2,1-3H3. The number of nitrogens with zero attached hydrogens (tertiary/aromatic N) is 3. The number of aromatic nitrogens is 2. The molecule has 200 valence electrons. The van der Waals surface area contributed by atoms with E-state index in [-0.39, 0.29) is 10.6 Å². The Morgan fingerprint density at radius 2 is 1.46 bits per heavy atom. The fourth-order valence-corrected chi connectivity index (χ4v) is 7.77. The molecule has 0 aliphatic heterocycles. The van der Waals surface area contributed by atoms with Gasteiger partial charge < -0.3 is 0 Å². The molecule has 5 nitrogen and oxygen atoms in total. The molecule has 0 saturated carbocycles. The molecule has 0 N–H and O–H groups in total. The van der Waals surface area contributed by atoms with Crippen molar-refractivity contribution in [3.63, 3.8) is 0 Å². The van der Waals surface area contributed by atoms with Crippen LogP contribution in [0.1, 0.15) is 22.5 Å². The first-order chi connectivity index (χ1) is 19.9. The average molecular weight is 572 g/mol. The lowest BCUT2D eigenvalue weighted by Gasteiger charge is -2.16. The largest absolute Gasteiger partial charge is 0.269 e. The van der Waals surface area contributed by atoms with Crippen LogP contribution in [0.5, 0.6) is 0 Å².